The van der Waals surface area contributed by atoms with E-state index in [2.05, 4.69) is 32.8 Å². The largest absolute Gasteiger partial charge is 0.346 e. The molecule has 0 aliphatic rings. The summed E-state index contributed by atoms with van der Waals surface area (Å²) in [5.74, 6) is -0.192. The normalized spacial score (nSPS) is 10.2. The van der Waals surface area contributed by atoms with Gasteiger partial charge >= 0.3 is 0 Å². The highest BCUT2D eigenvalue weighted by atomic mass is 79.9. The summed E-state index contributed by atoms with van der Waals surface area (Å²) in [4.78, 5) is 16.1. The third kappa shape index (κ3) is 2.71. The van der Waals surface area contributed by atoms with Gasteiger partial charge in [0.1, 0.15) is 5.69 Å². The van der Waals surface area contributed by atoms with Crippen molar-refractivity contribution in [3.63, 3.8) is 0 Å². The van der Waals surface area contributed by atoms with Crippen molar-refractivity contribution in [3.8, 4) is 0 Å². The van der Waals surface area contributed by atoms with Crippen LogP contribution in [-0.2, 0) is 0 Å². The molecule has 1 heterocycles. The Morgan fingerprint density at radius 3 is 2.88 bits per heavy atom. The third-order valence-electron chi connectivity index (χ3n) is 2.33. The molecule has 0 aliphatic heterocycles. The van der Waals surface area contributed by atoms with Crippen LogP contribution in [0.3, 0.4) is 0 Å². The van der Waals surface area contributed by atoms with Gasteiger partial charge in [0.2, 0.25) is 0 Å². The summed E-state index contributed by atoms with van der Waals surface area (Å²) in [6.45, 7) is 4.06. The summed E-state index contributed by atoms with van der Waals surface area (Å²) >= 11 is 3.20. The molecule has 1 N–H and O–H groups in total. The minimum Gasteiger partial charge on any atom is -0.346 e. The number of carbonyl (C=O) groups is 1. The van der Waals surface area contributed by atoms with Gasteiger partial charge in [-0.05, 0) is 11.5 Å². The van der Waals surface area contributed by atoms with E-state index in [9.17, 15) is 4.79 Å². The lowest BCUT2D eigenvalue weighted by Gasteiger charge is -2.06. The average molecular weight is 291 g/mol. The molecule has 0 atom stereocenters. The Hall–Kier alpha value is -1.68. The second-order valence-corrected chi connectivity index (χ2v) is 4.70. The van der Waals surface area contributed by atoms with E-state index in [1.807, 2.05) is 30.3 Å². The molecule has 1 aromatic heterocycles. The zero-order valence-corrected chi connectivity index (χ0v) is 10.7. The maximum absolute atomic E-state index is 11.9. The lowest BCUT2D eigenvalue weighted by Crippen LogP contribution is -2.25. The number of hydrogen-bond donors (Lipinski definition) is 1. The number of hydrogen-bond acceptors (Lipinski definition) is 2. The molecule has 0 saturated carbocycles. The lowest BCUT2D eigenvalue weighted by molar-refractivity contribution is 0.0954. The van der Waals surface area contributed by atoms with Gasteiger partial charge in [-0.25, -0.2) is 0 Å². The van der Waals surface area contributed by atoms with Gasteiger partial charge in [-0.2, -0.15) is 0 Å². The highest BCUT2D eigenvalue weighted by Gasteiger charge is 2.10. The van der Waals surface area contributed by atoms with Crippen LogP contribution in [0.15, 0.2) is 47.6 Å². The Labute approximate surface area is 108 Å². The number of nitrogens with zero attached hydrogens (tertiary/aromatic N) is 1. The van der Waals surface area contributed by atoms with Crippen molar-refractivity contribution in [2.24, 2.45) is 0 Å². The Morgan fingerprint density at radius 1 is 1.35 bits per heavy atom. The van der Waals surface area contributed by atoms with E-state index in [4.69, 9.17) is 0 Å². The van der Waals surface area contributed by atoms with Crippen LogP contribution in [0.2, 0.25) is 0 Å². The van der Waals surface area contributed by atoms with Gasteiger partial charge in [-0.15, -0.1) is 0 Å². The number of rotatable bonds is 3. The lowest BCUT2D eigenvalue weighted by atomic mass is 10.1. The molecular formula is C13H11BrN2O. The van der Waals surface area contributed by atoms with Crippen LogP contribution in [0.25, 0.3) is 10.8 Å². The van der Waals surface area contributed by atoms with Gasteiger partial charge in [-0.3, -0.25) is 9.78 Å². The molecule has 17 heavy (non-hydrogen) atoms. The van der Waals surface area contributed by atoms with E-state index in [-0.39, 0.29) is 5.91 Å². The average Bonchev–Trinajstić information content (AvgIpc) is 2.35. The Kier molecular flexibility index (Phi) is 3.54. The Morgan fingerprint density at radius 2 is 2.12 bits per heavy atom. The number of benzene rings is 1. The summed E-state index contributed by atoms with van der Waals surface area (Å²) in [7, 11) is 0. The van der Waals surface area contributed by atoms with Crippen LogP contribution in [0.4, 0.5) is 0 Å². The number of carbonyl (C=O) groups excluding carboxylic acids is 1. The molecule has 0 fully saturated rings. The smallest absolute Gasteiger partial charge is 0.270 e. The number of halogens is 1. The molecule has 3 nitrogen and oxygen atoms in total. The van der Waals surface area contributed by atoms with Gasteiger partial charge in [0.25, 0.3) is 5.91 Å². The van der Waals surface area contributed by atoms with Gasteiger partial charge in [-0.1, -0.05) is 46.8 Å². The van der Waals surface area contributed by atoms with Crippen molar-refractivity contribution in [1.82, 2.24) is 10.3 Å². The van der Waals surface area contributed by atoms with Gasteiger partial charge in [0, 0.05) is 22.6 Å². The molecular weight excluding hydrogens is 280 g/mol. The predicted molar refractivity (Wildman–Crippen MR) is 72.1 cm³/mol. The fourth-order valence-electron chi connectivity index (χ4n) is 1.56. The van der Waals surface area contributed by atoms with Crippen molar-refractivity contribution < 1.29 is 4.79 Å². The minimum atomic E-state index is -0.192. The Bertz CT molecular complexity index is 575. The van der Waals surface area contributed by atoms with Crippen LogP contribution < -0.4 is 5.32 Å². The van der Waals surface area contributed by atoms with E-state index in [0.717, 1.165) is 15.3 Å². The zero-order valence-electron chi connectivity index (χ0n) is 9.11. The van der Waals surface area contributed by atoms with E-state index >= 15 is 0 Å². The quantitative estimate of drug-likeness (QED) is 0.944. The maximum Gasteiger partial charge on any atom is 0.270 e. The second-order valence-electron chi connectivity index (χ2n) is 3.58. The van der Waals surface area contributed by atoms with Crippen LogP contribution in [0, 0.1) is 0 Å². The molecule has 4 heteroatoms. The van der Waals surface area contributed by atoms with Crippen molar-refractivity contribution in [2.75, 3.05) is 6.54 Å². The molecule has 0 bridgehead atoms. The molecule has 0 aliphatic carbocycles. The summed E-state index contributed by atoms with van der Waals surface area (Å²) < 4.78 is 0.728. The van der Waals surface area contributed by atoms with Crippen molar-refractivity contribution in [3.05, 3.63) is 53.3 Å². The van der Waals surface area contributed by atoms with Crippen molar-refractivity contribution in [1.29, 1.82) is 0 Å². The van der Waals surface area contributed by atoms with E-state index in [1.165, 1.54) is 0 Å². The highest BCUT2D eigenvalue weighted by Crippen LogP contribution is 2.16. The van der Waals surface area contributed by atoms with Crippen molar-refractivity contribution in [2.45, 2.75) is 0 Å². The van der Waals surface area contributed by atoms with Gasteiger partial charge in [0.15, 0.2) is 0 Å². The number of aromatic nitrogens is 1. The molecule has 1 amide bonds. The maximum atomic E-state index is 11.9. The second kappa shape index (κ2) is 5.10. The molecule has 0 spiro atoms. The third-order valence-corrected chi connectivity index (χ3v) is 2.61. The van der Waals surface area contributed by atoms with Crippen molar-refractivity contribution >= 4 is 32.6 Å². The molecule has 2 rings (SSSR count). The number of fused-ring (bicyclic) bond motifs is 1. The Balaban J connectivity index is 2.35. The van der Waals surface area contributed by atoms with Crippen LogP contribution in [0.1, 0.15) is 10.5 Å². The SMILES string of the molecule is C=C(Br)CNC(=O)c1nccc2ccccc12. The van der Waals surface area contributed by atoms with E-state index in [0.29, 0.717) is 12.2 Å². The molecule has 86 valence electrons. The summed E-state index contributed by atoms with van der Waals surface area (Å²) in [5.41, 5.74) is 0.442. The summed E-state index contributed by atoms with van der Waals surface area (Å²) in [6, 6.07) is 9.56. The molecule has 0 saturated heterocycles. The standard InChI is InChI=1S/C13H11BrN2O/c1-9(14)8-16-13(17)12-11-5-3-2-4-10(11)6-7-15-12/h2-7H,1,8H2,(H,16,17). The van der Waals surface area contributed by atoms with E-state index in [1.54, 1.807) is 6.20 Å². The minimum absolute atomic E-state index is 0.192. The molecule has 1 aromatic carbocycles. The fraction of sp³-hybridized carbons (Fsp3) is 0.0769. The van der Waals surface area contributed by atoms with Crippen LogP contribution >= 0.6 is 15.9 Å². The van der Waals surface area contributed by atoms with Crippen LogP contribution in [-0.4, -0.2) is 17.4 Å². The predicted octanol–water partition coefficient (Wildman–Crippen LogP) is 2.87. The first-order valence-electron chi connectivity index (χ1n) is 5.13. The van der Waals surface area contributed by atoms with Gasteiger partial charge < -0.3 is 5.32 Å². The molecule has 0 radical (unpaired) electrons. The number of pyridine rings is 1. The monoisotopic (exact) mass is 290 g/mol. The first-order chi connectivity index (χ1) is 8.18. The van der Waals surface area contributed by atoms with Crippen LogP contribution in [0.5, 0.6) is 0 Å². The zero-order chi connectivity index (χ0) is 12.3. The first-order valence-corrected chi connectivity index (χ1v) is 5.93. The van der Waals surface area contributed by atoms with Gasteiger partial charge in [0.05, 0.1) is 0 Å². The molecule has 2 aromatic rings. The van der Waals surface area contributed by atoms with E-state index < -0.39 is 0 Å². The highest BCUT2D eigenvalue weighted by molar-refractivity contribution is 9.11. The number of nitrogens with one attached hydrogen (secondary N) is 1. The number of amides is 1. The summed E-state index contributed by atoms with van der Waals surface area (Å²) in [5, 5.41) is 4.60. The first kappa shape index (κ1) is 11.8. The molecule has 0 unspecified atom stereocenters. The fourth-order valence-corrected chi connectivity index (χ4v) is 1.70. The topological polar surface area (TPSA) is 42.0 Å². The summed E-state index contributed by atoms with van der Waals surface area (Å²) in [6.07, 6.45) is 1.64.